The molecule has 0 saturated carbocycles. The van der Waals surface area contributed by atoms with Crippen molar-refractivity contribution in [3.8, 4) is 0 Å². The minimum atomic E-state index is -0.666. The SMILES string of the molecule is CCCCCCCCCCCCCCCCCCCCCCC(O)C(CO)NC(=O)CCCCCCCCCCCC/C=C\CCCCCCCCCCCCCCOC(=O)CCCCCCCCCCCCCC. The van der Waals surface area contributed by atoms with Gasteiger partial charge in [-0.2, -0.15) is 0 Å². The van der Waals surface area contributed by atoms with Gasteiger partial charge >= 0.3 is 5.97 Å². The minimum absolute atomic E-state index is 0.0160. The molecule has 6 nitrogen and oxygen atoms in total. The molecule has 0 radical (unpaired) electrons. The summed E-state index contributed by atoms with van der Waals surface area (Å²) in [6.45, 7) is 4.99. The molecule has 0 bridgehead atoms. The minimum Gasteiger partial charge on any atom is -0.466 e. The largest absolute Gasteiger partial charge is 0.466 e. The predicted octanol–water partition coefficient (Wildman–Crippen LogP) is 22.0. The van der Waals surface area contributed by atoms with E-state index in [1.165, 1.54) is 321 Å². The summed E-state index contributed by atoms with van der Waals surface area (Å²) in [6.07, 6.45) is 79.6. The molecule has 1 amide bonds. The third-order valence-electron chi connectivity index (χ3n) is 16.3. The van der Waals surface area contributed by atoms with E-state index in [4.69, 9.17) is 4.74 Å². The van der Waals surface area contributed by atoms with Crippen molar-refractivity contribution < 1.29 is 24.5 Å². The summed E-state index contributed by atoms with van der Waals surface area (Å²) >= 11 is 0. The van der Waals surface area contributed by atoms with Gasteiger partial charge in [-0.15, -0.1) is 0 Å². The molecule has 0 fully saturated rings. The number of ether oxygens (including phenoxy) is 1. The molecule has 0 aliphatic rings. The van der Waals surface area contributed by atoms with Gasteiger partial charge in [-0.05, 0) is 51.4 Å². The first kappa shape index (κ1) is 73.6. The van der Waals surface area contributed by atoms with E-state index >= 15 is 0 Å². The molecule has 2 unspecified atom stereocenters. The number of amides is 1. The van der Waals surface area contributed by atoms with Crippen molar-refractivity contribution in [2.45, 2.75) is 405 Å². The van der Waals surface area contributed by atoms with E-state index < -0.39 is 12.1 Å². The maximum atomic E-state index is 12.5. The molecule has 0 aliphatic carbocycles. The zero-order valence-electron chi connectivity index (χ0n) is 51.1. The first-order valence-electron chi connectivity index (χ1n) is 34.4. The van der Waals surface area contributed by atoms with E-state index in [1.54, 1.807) is 0 Å². The highest BCUT2D eigenvalue weighted by Crippen LogP contribution is 2.19. The van der Waals surface area contributed by atoms with Crippen LogP contribution in [-0.4, -0.2) is 47.4 Å². The number of allylic oxidation sites excluding steroid dienone is 2. The van der Waals surface area contributed by atoms with Crippen molar-refractivity contribution in [2.24, 2.45) is 0 Å². The third-order valence-corrected chi connectivity index (χ3v) is 16.3. The highest BCUT2D eigenvalue weighted by molar-refractivity contribution is 5.76. The second-order valence-electron chi connectivity index (χ2n) is 23.9. The lowest BCUT2D eigenvalue weighted by molar-refractivity contribution is -0.143. The van der Waals surface area contributed by atoms with E-state index in [0.717, 1.165) is 38.5 Å². The van der Waals surface area contributed by atoms with Gasteiger partial charge in [0.25, 0.3) is 0 Å². The number of aliphatic hydroxyl groups excluding tert-OH is 2. The van der Waals surface area contributed by atoms with Gasteiger partial charge in [-0.1, -0.05) is 341 Å². The van der Waals surface area contributed by atoms with Crippen molar-refractivity contribution >= 4 is 11.9 Å². The Morgan fingerprint density at radius 3 is 0.947 bits per heavy atom. The van der Waals surface area contributed by atoms with Gasteiger partial charge in [0.15, 0.2) is 0 Å². The van der Waals surface area contributed by atoms with Crippen molar-refractivity contribution in [3.05, 3.63) is 12.2 Å². The fourth-order valence-electron chi connectivity index (χ4n) is 11.1. The van der Waals surface area contributed by atoms with E-state index in [-0.39, 0.29) is 18.5 Å². The van der Waals surface area contributed by atoms with E-state index in [2.05, 4.69) is 31.3 Å². The Labute approximate surface area is 469 Å². The first-order valence-corrected chi connectivity index (χ1v) is 34.4. The Bertz CT molecular complexity index is 1130. The highest BCUT2D eigenvalue weighted by Gasteiger charge is 2.20. The van der Waals surface area contributed by atoms with Gasteiger partial charge in [-0.3, -0.25) is 9.59 Å². The number of nitrogens with one attached hydrogen (secondary N) is 1. The van der Waals surface area contributed by atoms with E-state index in [9.17, 15) is 19.8 Å². The maximum Gasteiger partial charge on any atom is 0.305 e. The number of carbonyl (C=O) groups excluding carboxylic acids is 2. The molecule has 3 N–H and O–H groups in total. The van der Waals surface area contributed by atoms with Crippen LogP contribution < -0.4 is 5.32 Å². The van der Waals surface area contributed by atoms with E-state index in [0.29, 0.717) is 25.9 Å². The molecule has 0 aromatic heterocycles. The van der Waals surface area contributed by atoms with Crippen molar-refractivity contribution in [3.63, 3.8) is 0 Å². The summed E-state index contributed by atoms with van der Waals surface area (Å²) in [6, 6.07) is -0.543. The van der Waals surface area contributed by atoms with Crippen molar-refractivity contribution in [1.29, 1.82) is 0 Å². The zero-order chi connectivity index (χ0) is 54.3. The van der Waals surface area contributed by atoms with Gasteiger partial charge in [-0.25, -0.2) is 0 Å². The lowest BCUT2D eigenvalue weighted by atomic mass is 10.0. The Morgan fingerprint density at radius 2 is 0.627 bits per heavy atom. The van der Waals surface area contributed by atoms with Gasteiger partial charge in [0, 0.05) is 12.8 Å². The standard InChI is InChI=1S/C69H135NO5/c1-3-5-7-9-11-13-15-17-18-19-20-29-32-35-38-41-45-49-53-57-61-67(72)66(65-71)70-68(73)62-58-54-50-46-42-39-36-33-30-27-25-23-21-22-24-26-28-31-34-37-40-44-48-52-56-60-64-75-69(74)63-59-55-51-47-43-16-14-12-10-8-6-4-2/h21,23,66-67,71-72H,3-20,22,24-65H2,1-2H3,(H,70,73)/b23-21-. The topological polar surface area (TPSA) is 95.9 Å². The first-order chi connectivity index (χ1) is 37.0. The third kappa shape index (κ3) is 61.7. The lowest BCUT2D eigenvalue weighted by Gasteiger charge is -2.22. The number of aliphatic hydroxyl groups is 2. The number of hydrogen-bond acceptors (Lipinski definition) is 5. The molecule has 2 atom stereocenters. The molecule has 446 valence electrons. The molecular weight excluding hydrogens is 923 g/mol. The van der Waals surface area contributed by atoms with Crippen LogP contribution in [0.3, 0.4) is 0 Å². The molecule has 0 aromatic carbocycles. The molecule has 0 aromatic rings. The smallest absolute Gasteiger partial charge is 0.305 e. The molecule has 6 heteroatoms. The Hall–Kier alpha value is -1.40. The number of esters is 1. The second-order valence-corrected chi connectivity index (χ2v) is 23.9. The van der Waals surface area contributed by atoms with Crippen LogP contribution in [0.1, 0.15) is 393 Å². The average molecular weight is 1060 g/mol. The summed E-state index contributed by atoms with van der Waals surface area (Å²) in [7, 11) is 0. The summed E-state index contributed by atoms with van der Waals surface area (Å²) in [4.78, 5) is 24.6. The highest BCUT2D eigenvalue weighted by atomic mass is 16.5. The summed E-state index contributed by atoms with van der Waals surface area (Å²) in [5.74, 6) is -0.0164. The van der Waals surface area contributed by atoms with Crippen LogP contribution in [0.5, 0.6) is 0 Å². The number of unbranched alkanes of at least 4 members (excludes halogenated alkanes) is 52. The molecule has 75 heavy (non-hydrogen) atoms. The molecule has 0 spiro atoms. The quantitative estimate of drug-likeness (QED) is 0.0320. The van der Waals surface area contributed by atoms with Gasteiger partial charge < -0.3 is 20.3 Å². The van der Waals surface area contributed by atoms with Gasteiger partial charge in [0.05, 0.1) is 25.4 Å². The van der Waals surface area contributed by atoms with Crippen LogP contribution >= 0.6 is 0 Å². The van der Waals surface area contributed by atoms with Crippen LogP contribution in [0.2, 0.25) is 0 Å². The predicted molar refractivity (Wildman–Crippen MR) is 329 cm³/mol. The fraction of sp³-hybridized carbons (Fsp3) is 0.942. The molecule has 0 heterocycles. The van der Waals surface area contributed by atoms with Crippen molar-refractivity contribution in [1.82, 2.24) is 5.32 Å². The average Bonchev–Trinajstić information content (AvgIpc) is 3.41. The van der Waals surface area contributed by atoms with Crippen LogP contribution in [0.15, 0.2) is 12.2 Å². The molecular formula is C69H135NO5. The van der Waals surface area contributed by atoms with Crippen LogP contribution in [-0.2, 0) is 14.3 Å². The van der Waals surface area contributed by atoms with Crippen molar-refractivity contribution in [2.75, 3.05) is 13.2 Å². The Kier molecular flexibility index (Phi) is 63.9. The number of hydrogen-bond donors (Lipinski definition) is 3. The van der Waals surface area contributed by atoms with E-state index in [1.807, 2.05) is 0 Å². The maximum absolute atomic E-state index is 12.5. The normalized spacial score (nSPS) is 12.5. The zero-order valence-corrected chi connectivity index (χ0v) is 51.1. The summed E-state index contributed by atoms with van der Waals surface area (Å²) in [5, 5.41) is 23.4. The van der Waals surface area contributed by atoms with Crippen LogP contribution in [0.4, 0.5) is 0 Å². The van der Waals surface area contributed by atoms with Crippen LogP contribution in [0, 0.1) is 0 Å². The monoisotopic (exact) mass is 1060 g/mol. The lowest BCUT2D eigenvalue weighted by Crippen LogP contribution is -2.45. The summed E-state index contributed by atoms with van der Waals surface area (Å²) in [5.41, 5.74) is 0. The Balaban J connectivity index is 3.39. The summed E-state index contributed by atoms with van der Waals surface area (Å²) < 4.78 is 5.48. The molecule has 0 rings (SSSR count). The second kappa shape index (κ2) is 65.1. The van der Waals surface area contributed by atoms with Gasteiger partial charge in [0.1, 0.15) is 0 Å². The fourth-order valence-corrected chi connectivity index (χ4v) is 11.1. The molecule has 0 saturated heterocycles. The Morgan fingerprint density at radius 1 is 0.360 bits per heavy atom. The number of rotatable bonds is 65. The van der Waals surface area contributed by atoms with Gasteiger partial charge in [0.2, 0.25) is 5.91 Å². The number of carbonyl (C=O) groups is 2. The van der Waals surface area contributed by atoms with Crippen LogP contribution in [0.25, 0.3) is 0 Å². The molecule has 0 aliphatic heterocycles.